The molecular weight excluding hydrogens is 120 g/mol. The molecule has 0 aromatic heterocycles. The molecule has 0 aliphatic carbocycles. The van der Waals surface area contributed by atoms with Crippen molar-refractivity contribution in [3.05, 3.63) is 12.2 Å². The molecule has 0 heterocycles. The Morgan fingerprint density at radius 3 is 2.12 bits per heavy atom. The summed E-state index contributed by atoms with van der Waals surface area (Å²) < 4.78 is 0. The number of unbranched alkanes of at least 4 members (excludes halogenated alkanes) is 1. The molecule has 0 bridgehead atoms. The molecule has 0 atom stereocenters. The zero-order valence-electron chi connectivity index (χ0n) is 5.68. The molecule has 0 saturated heterocycles. The molecule has 8 heavy (non-hydrogen) atoms. The van der Waals surface area contributed by atoms with Crippen molar-refractivity contribution in [1.29, 1.82) is 0 Å². The summed E-state index contributed by atoms with van der Waals surface area (Å²) in [7, 11) is 0. The van der Waals surface area contributed by atoms with E-state index in [9.17, 15) is 0 Å². The SMILES string of the molecule is CCC=CCCC.Cl. The number of rotatable bonds is 3. The van der Waals surface area contributed by atoms with Gasteiger partial charge in [0.1, 0.15) is 0 Å². The van der Waals surface area contributed by atoms with Crippen LogP contribution in [0.15, 0.2) is 12.2 Å². The fraction of sp³-hybridized carbons (Fsp3) is 0.714. The van der Waals surface area contributed by atoms with Gasteiger partial charge in [0.25, 0.3) is 0 Å². The molecule has 0 rings (SSSR count). The summed E-state index contributed by atoms with van der Waals surface area (Å²) in [4.78, 5) is 0. The Labute approximate surface area is 58.4 Å². The smallest absolute Gasteiger partial charge is 0.0353 e. The molecule has 0 amide bonds. The Kier molecular flexibility index (Phi) is 13.8. The van der Waals surface area contributed by atoms with E-state index in [-0.39, 0.29) is 12.4 Å². The van der Waals surface area contributed by atoms with Crippen LogP contribution >= 0.6 is 12.4 Å². The molecule has 0 aliphatic rings. The Bertz CT molecular complexity index is 48.3. The summed E-state index contributed by atoms with van der Waals surface area (Å²) in [5.41, 5.74) is 0. The zero-order valence-corrected chi connectivity index (χ0v) is 6.50. The Morgan fingerprint density at radius 1 is 1.12 bits per heavy atom. The fourth-order valence-electron chi connectivity index (χ4n) is 0.451. The summed E-state index contributed by atoms with van der Waals surface area (Å²) in [5, 5.41) is 0. The van der Waals surface area contributed by atoms with E-state index in [2.05, 4.69) is 26.0 Å². The van der Waals surface area contributed by atoms with Crippen LogP contribution in [0.3, 0.4) is 0 Å². The van der Waals surface area contributed by atoms with Crippen molar-refractivity contribution in [2.45, 2.75) is 33.1 Å². The molecule has 0 N–H and O–H groups in total. The van der Waals surface area contributed by atoms with Crippen LogP contribution in [-0.2, 0) is 0 Å². The largest absolute Gasteiger partial charge is 0.147 e. The van der Waals surface area contributed by atoms with Crippen LogP contribution in [0.5, 0.6) is 0 Å². The highest BCUT2D eigenvalue weighted by molar-refractivity contribution is 5.85. The van der Waals surface area contributed by atoms with Gasteiger partial charge in [-0.2, -0.15) is 0 Å². The maximum Gasteiger partial charge on any atom is -0.0353 e. The van der Waals surface area contributed by atoms with Gasteiger partial charge in [-0.15, -0.1) is 12.4 Å². The third kappa shape index (κ3) is 9.39. The topological polar surface area (TPSA) is 0 Å². The van der Waals surface area contributed by atoms with Crippen LogP contribution in [0.25, 0.3) is 0 Å². The van der Waals surface area contributed by atoms with Crippen molar-refractivity contribution in [2.24, 2.45) is 0 Å². The monoisotopic (exact) mass is 134 g/mol. The number of allylic oxidation sites excluding steroid dienone is 2. The van der Waals surface area contributed by atoms with Crippen LogP contribution in [0.2, 0.25) is 0 Å². The lowest BCUT2D eigenvalue weighted by molar-refractivity contribution is 0.952. The lowest BCUT2D eigenvalue weighted by atomic mass is 10.3. The second-order valence-corrected chi connectivity index (χ2v) is 1.67. The Morgan fingerprint density at radius 2 is 1.75 bits per heavy atom. The average Bonchev–Trinajstić information content (AvgIpc) is 1.69. The van der Waals surface area contributed by atoms with Gasteiger partial charge in [-0.05, 0) is 12.8 Å². The highest BCUT2D eigenvalue weighted by atomic mass is 35.5. The normalized spacial score (nSPS) is 9.25. The van der Waals surface area contributed by atoms with E-state index in [1.165, 1.54) is 19.3 Å². The van der Waals surface area contributed by atoms with Crippen molar-refractivity contribution < 1.29 is 0 Å². The number of halogens is 1. The fourth-order valence-corrected chi connectivity index (χ4v) is 0.451. The average molecular weight is 135 g/mol. The van der Waals surface area contributed by atoms with Gasteiger partial charge >= 0.3 is 0 Å². The minimum atomic E-state index is 0. The van der Waals surface area contributed by atoms with E-state index >= 15 is 0 Å². The van der Waals surface area contributed by atoms with Gasteiger partial charge < -0.3 is 0 Å². The standard InChI is InChI=1S/C7H14.ClH/c1-3-5-7-6-4-2;/h5,7H,3-4,6H2,1-2H3;1H. The summed E-state index contributed by atoms with van der Waals surface area (Å²) in [5.74, 6) is 0. The first-order valence-corrected chi connectivity index (χ1v) is 3.06. The third-order valence-corrected chi connectivity index (χ3v) is 0.858. The van der Waals surface area contributed by atoms with E-state index in [4.69, 9.17) is 0 Å². The molecule has 0 aromatic carbocycles. The van der Waals surface area contributed by atoms with Crippen LogP contribution in [0.4, 0.5) is 0 Å². The molecule has 0 saturated carbocycles. The number of hydrogen-bond acceptors (Lipinski definition) is 0. The van der Waals surface area contributed by atoms with Crippen LogP contribution in [-0.4, -0.2) is 0 Å². The lowest BCUT2D eigenvalue weighted by Crippen LogP contribution is -1.58. The third-order valence-electron chi connectivity index (χ3n) is 0.858. The molecule has 0 aromatic rings. The van der Waals surface area contributed by atoms with E-state index in [1.54, 1.807) is 0 Å². The maximum absolute atomic E-state index is 2.24. The van der Waals surface area contributed by atoms with E-state index in [0.717, 1.165) is 0 Å². The second-order valence-electron chi connectivity index (χ2n) is 1.67. The van der Waals surface area contributed by atoms with Crippen molar-refractivity contribution >= 4 is 12.4 Å². The van der Waals surface area contributed by atoms with Gasteiger partial charge in [0.2, 0.25) is 0 Å². The van der Waals surface area contributed by atoms with Crippen LogP contribution < -0.4 is 0 Å². The first-order valence-electron chi connectivity index (χ1n) is 3.06. The predicted octanol–water partition coefficient (Wildman–Crippen LogP) is 3.17. The highest BCUT2D eigenvalue weighted by Gasteiger charge is 1.68. The summed E-state index contributed by atoms with van der Waals surface area (Å²) in [6.45, 7) is 4.35. The second kappa shape index (κ2) is 10.1. The van der Waals surface area contributed by atoms with Crippen LogP contribution in [0, 0.1) is 0 Å². The lowest BCUT2D eigenvalue weighted by Gasteiger charge is -1.79. The Hall–Kier alpha value is 0.0300. The quantitative estimate of drug-likeness (QED) is 0.521. The molecule has 0 spiro atoms. The minimum absolute atomic E-state index is 0. The van der Waals surface area contributed by atoms with Crippen LogP contribution in [0.1, 0.15) is 33.1 Å². The first kappa shape index (κ1) is 10.9. The van der Waals surface area contributed by atoms with Gasteiger partial charge in [0, 0.05) is 0 Å². The van der Waals surface area contributed by atoms with E-state index in [0.29, 0.717) is 0 Å². The summed E-state index contributed by atoms with van der Waals surface area (Å²) >= 11 is 0. The molecule has 0 fully saturated rings. The summed E-state index contributed by atoms with van der Waals surface area (Å²) in [6, 6.07) is 0. The van der Waals surface area contributed by atoms with Crippen molar-refractivity contribution in [3.63, 3.8) is 0 Å². The van der Waals surface area contributed by atoms with E-state index < -0.39 is 0 Å². The van der Waals surface area contributed by atoms with Gasteiger partial charge in [-0.3, -0.25) is 0 Å². The molecule has 0 radical (unpaired) electrons. The van der Waals surface area contributed by atoms with Crippen molar-refractivity contribution in [1.82, 2.24) is 0 Å². The molecule has 50 valence electrons. The predicted molar refractivity (Wildman–Crippen MR) is 41.6 cm³/mol. The molecule has 1 heteroatoms. The van der Waals surface area contributed by atoms with E-state index in [1.807, 2.05) is 0 Å². The summed E-state index contributed by atoms with van der Waals surface area (Å²) in [6.07, 6.45) is 8.15. The van der Waals surface area contributed by atoms with Gasteiger partial charge in [0.05, 0.1) is 0 Å². The van der Waals surface area contributed by atoms with Crippen molar-refractivity contribution in [3.8, 4) is 0 Å². The van der Waals surface area contributed by atoms with Gasteiger partial charge in [-0.1, -0.05) is 32.4 Å². The number of hydrogen-bond donors (Lipinski definition) is 0. The first-order chi connectivity index (χ1) is 3.41. The molecule has 0 unspecified atom stereocenters. The maximum atomic E-state index is 2.24. The van der Waals surface area contributed by atoms with Gasteiger partial charge in [-0.25, -0.2) is 0 Å². The van der Waals surface area contributed by atoms with Crippen molar-refractivity contribution in [2.75, 3.05) is 0 Å². The minimum Gasteiger partial charge on any atom is -0.147 e. The molecule has 0 aliphatic heterocycles. The van der Waals surface area contributed by atoms with Gasteiger partial charge in [0.15, 0.2) is 0 Å². The zero-order chi connectivity index (χ0) is 5.54. The molecule has 0 nitrogen and oxygen atoms in total. The molecular formula is C7H15Cl. The highest BCUT2D eigenvalue weighted by Crippen LogP contribution is 1.88. The Balaban J connectivity index is 0.